The largest absolute Gasteiger partial charge is 0.385 e. The molecule has 3 heterocycles. The van der Waals surface area contributed by atoms with Crippen molar-refractivity contribution in [2.24, 2.45) is 0 Å². The molecule has 1 aromatic heterocycles. The summed E-state index contributed by atoms with van der Waals surface area (Å²) in [4.78, 5) is 6.50. The minimum atomic E-state index is -0.786. The van der Waals surface area contributed by atoms with Crippen LogP contribution >= 0.6 is 0 Å². The number of aromatic nitrogens is 2. The first-order chi connectivity index (χ1) is 9.25. The van der Waals surface area contributed by atoms with Crippen LogP contribution in [-0.2, 0) is 17.8 Å². The van der Waals surface area contributed by atoms with Crippen LogP contribution < -0.4 is 5.32 Å². The molecule has 6 heteroatoms. The number of β-amino-alcohol motifs (C(OH)–C–C–N with tert-alkyl or cyclic N) is 1. The molecule has 2 aliphatic rings. The average Bonchev–Trinajstić information content (AvgIpc) is 2.59. The number of rotatable bonds is 2. The Labute approximate surface area is 113 Å². The molecular formula is C13H22N4O2. The number of aryl methyl sites for hydroxylation is 1. The quantitative estimate of drug-likeness (QED) is 0.751. The first-order valence-corrected chi connectivity index (χ1v) is 6.97. The van der Waals surface area contributed by atoms with Crippen molar-refractivity contribution in [3.63, 3.8) is 0 Å². The van der Waals surface area contributed by atoms with Gasteiger partial charge in [0.1, 0.15) is 5.60 Å². The number of hydrogen-bond acceptors (Lipinski definition) is 5. The number of fused-ring (bicyclic) bond motifs is 1. The second-order valence-corrected chi connectivity index (χ2v) is 5.60. The van der Waals surface area contributed by atoms with E-state index in [1.807, 2.05) is 12.5 Å². The maximum Gasteiger partial charge on any atom is 0.113 e. The second-order valence-electron chi connectivity index (χ2n) is 5.60. The molecule has 1 saturated heterocycles. The number of aliphatic hydroxyl groups is 1. The van der Waals surface area contributed by atoms with Crippen molar-refractivity contribution < 1.29 is 9.84 Å². The molecule has 6 nitrogen and oxygen atoms in total. The van der Waals surface area contributed by atoms with Gasteiger partial charge < -0.3 is 19.7 Å². The van der Waals surface area contributed by atoms with Gasteiger partial charge in [-0.05, 0) is 6.42 Å². The van der Waals surface area contributed by atoms with Gasteiger partial charge in [0.2, 0.25) is 0 Å². The Bertz CT molecular complexity index is 413. The molecule has 1 aromatic rings. The second kappa shape index (κ2) is 5.58. The summed E-state index contributed by atoms with van der Waals surface area (Å²) < 4.78 is 7.68. The van der Waals surface area contributed by atoms with Crippen molar-refractivity contribution in [2.75, 3.05) is 39.4 Å². The monoisotopic (exact) mass is 266 g/mol. The minimum Gasteiger partial charge on any atom is -0.385 e. The molecule has 0 amide bonds. The highest BCUT2D eigenvalue weighted by Crippen LogP contribution is 2.16. The van der Waals surface area contributed by atoms with Crippen LogP contribution in [0, 0.1) is 0 Å². The van der Waals surface area contributed by atoms with Gasteiger partial charge in [-0.15, -0.1) is 0 Å². The van der Waals surface area contributed by atoms with Crippen LogP contribution in [0.3, 0.4) is 0 Å². The molecule has 2 N–H and O–H groups in total. The molecule has 19 heavy (non-hydrogen) atoms. The van der Waals surface area contributed by atoms with E-state index in [1.54, 1.807) is 0 Å². The molecule has 2 aliphatic heterocycles. The third-order valence-electron chi connectivity index (χ3n) is 3.82. The first-order valence-electron chi connectivity index (χ1n) is 6.97. The Morgan fingerprint density at radius 3 is 3.37 bits per heavy atom. The summed E-state index contributed by atoms with van der Waals surface area (Å²) in [6.07, 6.45) is 4.90. The van der Waals surface area contributed by atoms with Gasteiger partial charge in [0, 0.05) is 45.5 Å². The van der Waals surface area contributed by atoms with E-state index >= 15 is 0 Å². The van der Waals surface area contributed by atoms with Crippen LogP contribution in [0.5, 0.6) is 0 Å². The number of imidazole rings is 1. The molecule has 0 aliphatic carbocycles. The lowest BCUT2D eigenvalue weighted by Crippen LogP contribution is -2.51. The smallest absolute Gasteiger partial charge is 0.113 e. The topological polar surface area (TPSA) is 62.5 Å². The van der Waals surface area contributed by atoms with Crippen LogP contribution in [0.4, 0.5) is 0 Å². The van der Waals surface area contributed by atoms with Crippen molar-refractivity contribution >= 4 is 0 Å². The van der Waals surface area contributed by atoms with Gasteiger partial charge in [-0.3, -0.25) is 4.90 Å². The third-order valence-corrected chi connectivity index (χ3v) is 3.82. The summed E-state index contributed by atoms with van der Waals surface area (Å²) in [7, 11) is 0. The Morgan fingerprint density at radius 1 is 1.47 bits per heavy atom. The fourth-order valence-electron chi connectivity index (χ4n) is 2.89. The van der Waals surface area contributed by atoms with E-state index in [-0.39, 0.29) is 0 Å². The molecule has 1 atom stereocenters. The summed E-state index contributed by atoms with van der Waals surface area (Å²) in [6, 6.07) is 0. The number of nitrogens with one attached hydrogen (secondary N) is 1. The van der Waals surface area contributed by atoms with Crippen molar-refractivity contribution in [1.29, 1.82) is 0 Å². The van der Waals surface area contributed by atoms with E-state index in [2.05, 4.69) is 19.8 Å². The van der Waals surface area contributed by atoms with Crippen molar-refractivity contribution in [3.8, 4) is 0 Å². The summed E-state index contributed by atoms with van der Waals surface area (Å²) in [6.45, 7) is 6.01. The Balaban J connectivity index is 1.65. The molecule has 1 unspecified atom stereocenters. The first kappa shape index (κ1) is 13.1. The van der Waals surface area contributed by atoms with Crippen LogP contribution in [0.2, 0.25) is 0 Å². The van der Waals surface area contributed by atoms with Gasteiger partial charge in [-0.1, -0.05) is 0 Å². The fourth-order valence-corrected chi connectivity index (χ4v) is 2.89. The van der Waals surface area contributed by atoms with E-state index < -0.39 is 5.60 Å². The van der Waals surface area contributed by atoms with Gasteiger partial charge in [0.25, 0.3) is 0 Å². The molecule has 0 spiro atoms. The van der Waals surface area contributed by atoms with Gasteiger partial charge >= 0.3 is 0 Å². The highest BCUT2D eigenvalue weighted by molar-refractivity contribution is 5.00. The zero-order valence-electron chi connectivity index (χ0n) is 11.2. The Morgan fingerprint density at radius 2 is 2.42 bits per heavy atom. The lowest BCUT2D eigenvalue weighted by atomic mass is 10.0. The zero-order chi connectivity index (χ0) is 13.1. The molecule has 106 valence electrons. The highest BCUT2D eigenvalue weighted by Gasteiger charge is 2.32. The minimum absolute atomic E-state index is 0.412. The van der Waals surface area contributed by atoms with Gasteiger partial charge in [0.05, 0.1) is 25.2 Å². The molecule has 0 bridgehead atoms. The standard InChI is InChI=1S/C13H22N4O2/c18-13(8-14-2-5-19-10-13)9-16-3-1-4-17-11-15-6-12(17)7-16/h6,11,14,18H,1-5,7-10H2. The highest BCUT2D eigenvalue weighted by atomic mass is 16.5. The fraction of sp³-hybridized carbons (Fsp3) is 0.769. The van der Waals surface area contributed by atoms with Crippen LogP contribution in [0.1, 0.15) is 12.1 Å². The van der Waals surface area contributed by atoms with E-state index in [0.29, 0.717) is 26.3 Å². The predicted molar refractivity (Wildman–Crippen MR) is 70.8 cm³/mol. The van der Waals surface area contributed by atoms with Crippen LogP contribution in [-0.4, -0.2) is 64.6 Å². The molecule has 0 radical (unpaired) electrons. The van der Waals surface area contributed by atoms with E-state index in [9.17, 15) is 5.11 Å². The molecule has 0 aromatic carbocycles. The Kier molecular flexibility index (Phi) is 3.83. The van der Waals surface area contributed by atoms with Crippen molar-refractivity contribution in [2.45, 2.75) is 25.1 Å². The van der Waals surface area contributed by atoms with Gasteiger partial charge in [-0.25, -0.2) is 4.98 Å². The summed E-state index contributed by atoms with van der Waals surface area (Å²) in [5.74, 6) is 0. The van der Waals surface area contributed by atoms with E-state index in [1.165, 1.54) is 5.69 Å². The molecule has 0 saturated carbocycles. The number of hydrogen-bond donors (Lipinski definition) is 2. The van der Waals surface area contributed by atoms with Crippen LogP contribution in [0.15, 0.2) is 12.5 Å². The normalized spacial score (nSPS) is 29.5. The average molecular weight is 266 g/mol. The van der Waals surface area contributed by atoms with E-state index in [0.717, 1.165) is 32.6 Å². The maximum atomic E-state index is 10.6. The van der Waals surface area contributed by atoms with E-state index in [4.69, 9.17) is 4.74 Å². The van der Waals surface area contributed by atoms with Gasteiger partial charge in [-0.2, -0.15) is 0 Å². The van der Waals surface area contributed by atoms with Crippen LogP contribution in [0.25, 0.3) is 0 Å². The summed E-state index contributed by atoms with van der Waals surface area (Å²) in [5, 5.41) is 13.9. The number of nitrogens with zero attached hydrogens (tertiary/aromatic N) is 3. The zero-order valence-corrected chi connectivity index (χ0v) is 11.2. The van der Waals surface area contributed by atoms with Crippen molar-refractivity contribution in [3.05, 3.63) is 18.2 Å². The molecular weight excluding hydrogens is 244 g/mol. The SMILES string of the molecule is OC1(CN2CCCn3cncc3C2)CNCCOC1. The summed E-state index contributed by atoms with van der Waals surface area (Å²) >= 11 is 0. The summed E-state index contributed by atoms with van der Waals surface area (Å²) in [5.41, 5.74) is 0.440. The van der Waals surface area contributed by atoms with Gasteiger partial charge in [0.15, 0.2) is 0 Å². The maximum absolute atomic E-state index is 10.6. The lowest BCUT2D eigenvalue weighted by molar-refractivity contribution is -0.0501. The molecule has 3 rings (SSSR count). The predicted octanol–water partition coefficient (Wildman–Crippen LogP) is -0.560. The number of ether oxygens (including phenoxy) is 1. The third kappa shape index (κ3) is 3.14. The lowest BCUT2D eigenvalue weighted by Gasteiger charge is -2.32. The Hall–Kier alpha value is -0.950. The van der Waals surface area contributed by atoms with Crippen molar-refractivity contribution in [1.82, 2.24) is 19.8 Å². The molecule has 1 fully saturated rings.